The minimum atomic E-state index is -0.000712. The van der Waals surface area contributed by atoms with Gasteiger partial charge in [-0.25, -0.2) is 9.97 Å². The van der Waals surface area contributed by atoms with Crippen molar-refractivity contribution >= 4 is 11.3 Å². The van der Waals surface area contributed by atoms with Crippen LogP contribution in [0.3, 0.4) is 0 Å². The van der Waals surface area contributed by atoms with Gasteiger partial charge in [-0.3, -0.25) is 0 Å². The van der Waals surface area contributed by atoms with Gasteiger partial charge in [0.15, 0.2) is 0 Å². The van der Waals surface area contributed by atoms with Gasteiger partial charge in [0.1, 0.15) is 5.82 Å². The van der Waals surface area contributed by atoms with E-state index in [1.165, 1.54) is 4.88 Å². The summed E-state index contributed by atoms with van der Waals surface area (Å²) in [5, 5.41) is 10.8. The largest absolute Gasteiger partial charge is 0.392 e. The summed E-state index contributed by atoms with van der Waals surface area (Å²) in [4.78, 5) is 9.57. The molecule has 0 aliphatic carbocycles. The number of rotatable bonds is 3. The van der Waals surface area contributed by atoms with E-state index in [2.05, 4.69) is 16.0 Å². The van der Waals surface area contributed by atoms with Crippen molar-refractivity contribution in [2.45, 2.75) is 13.0 Å². The maximum Gasteiger partial charge on any atom is 0.133 e. The van der Waals surface area contributed by atoms with E-state index in [-0.39, 0.29) is 6.61 Å². The summed E-state index contributed by atoms with van der Waals surface area (Å²) in [7, 11) is 0. The van der Waals surface area contributed by atoms with E-state index in [9.17, 15) is 0 Å². The molecule has 3 nitrogen and oxygen atoms in total. The first kappa shape index (κ1) is 9.30. The molecule has 2 rings (SSSR count). The zero-order valence-corrected chi connectivity index (χ0v) is 8.37. The van der Waals surface area contributed by atoms with Crippen LogP contribution in [0, 0.1) is 0 Å². The molecule has 72 valence electrons. The molecule has 1 N–H and O–H groups in total. The quantitative estimate of drug-likeness (QED) is 0.830. The minimum Gasteiger partial charge on any atom is -0.392 e. The molecular formula is C10H10N2OS. The van der Waals surface area contributed by atoms with Crippen molar-refractivity contribution in [3.05, 3.63) is 46.2 Å². The van der Waals surface area contributed by atoms with Crippen LogP contribution >= 0.6 is 11.3 Å². The Kier molecular flexibility index (Phi) is 2.86. The van der Waals surface area contributed by atoms with Gasteiger partial charge in [0.05, 0.1) is 6.61 Å². The van der Waals surface area contributed by atoms with Crippen LogP contribution in [0.25, 0.3) is 0 Å². The lowest BCUT2D eigenvalue weighted by Gasteiger charge is -1.98. The minimum absolute atomic E-state index is 0.000712. The second-order valence-corrected chi connectivity index (χ2v) is 3.95. The van der Waals surface area contributed by atoms with Crippen molar-refractivity contribution in [1.82, 2.24) is 9.97 Å². The van der Waals surface area contributed by atoms with Crippen LogP contribution in [-0.4, -0.2) is 15.1 Å². The van der Waals surface area contributed by atoms with Gasteiger partial charge < -0.3 is 5.11 Å². The van der Waals surface area contributed by atoms with E-state index < -0.39 is 0 Å². The first-order valence-corrected chi connectivity index (χ1v) is 5.19. The fraction of sp³-hybridized carbons (Fsp3) is 0.200. The lowest BCUT2D eigenvalue weighted by molar-refractivity contribution is 0.280. The average Bonchev–Trinajstić information content (AvgIpc) is 2.72. The molecule has 0 atom stereocenters. The van der Waals surface area contributed by atoms with Crippen LogP contribution in [0.4, 0.5) is 0 Å². The van der Waals surface area contributed by atoms with Gasteiger partial charge in [0.25, 0.3) is 0 Å². The summed E-state index contributed by atoms with van der Waals surface area (Å²) >= 11 is 1.70. The number of nitrogens with zero attached hydrogens (tertiary/aromatic N) is 2. The Bertz CT molecular complexity index is 383. The third-order valence-corrected chi connectivity index (χ3v) is 2.73. The lowest BCUT2D eigenvalue weighted by atomic mass is 10.3. The molecule has 0 bridgehead atoms. The van der Waals surface area contributed by atoms with Gasteiger partial charge >= 0.3 is 0 Å². The molecule has 0 spiro atoms. The van der Waals surface area contributed by atoms with E-state index in [1.807, 2.05) is 11.4 Å². The van der Waals surface area contributed by atoms with Crippen LogP contribution in [0.5, 0.6) is 0 Å². The highest BCUT2D eigenvalue weighted by Gasteiger charge is 1.99. The van der Waals surface area contributed by atoms with E-state index in [1.54, 1.807) is 23.7 Å². The molecule has 0 fully saturated rings. The number of aromatic nitrogens is 2. The fourth-order valence-electron chi connectivity index (χ4n) is 1.12. The Morgan fingerprint density at radius 3 is 2.64 bits per heavy atom. The maximum absolute atomic E-state index is 8.81. The molecular weight excluding hydrogens is 196 g/mol. The topological polar surface area (TPSA) is 46.0 Å². The third-order valence-electron chi connectivity index (χ3n) is 1.85. The van der Waals surface area contributed by atoms with Gasteiger partial charge in [0.2, 0.25) is 0 Å². The van der Waals surface area contributed by atoms with Crippen LogP contribution in [0.1, 0.15) is 16.3 Å². The Morgan fingerprint density at radius 1 is 1.29 bits per heavy atom. The highest BCUT2D eigenvalue weighted by molar-refractivity contribution is 7.09. The van der Waals surface area contributed by atoms with Crippen molar-refractivity contribution in [2.75, 3.05) is 0 Å². The van der Waals surface area contributed by atoms with Gasteiger partial charge in [0, 0.05) is 29.3 Å². The number of hydrogen-bond donors (Lipinski definition) is 1. The number of aliphatic hydroxyl groups excluding tert-OH is 1. The number of aliphatic hydroxyl groups is 1. The standard InChI is InChI=1S/C10H10N2OS/c13-7-8-5-11-10(12-6-8)4-9-2-1-3-14-9/h1-3,5-6,13H,4,7H2. The zero-order chi connectivity index (χ0) is 9.80. The normalized spacial score (nSPS) is 10.4. The highest BCUT2D eigenvalue weighted by atomic mass is 32.1. The second kappa shape index (κ2) is 4.30. The molecule has 0 unspecified atom stereocenters. The van der Waals surface area contributed by atoms with E-state index in [0.29, 0.717) is 0 Å². The summed E-state index contributed by atoms with van der Waals surface area (Å²) in [5.74, 6) is 0.796. The molecule has 0 aromatic carbocycles. The molecule has 2 aromatic rings. The molecule has 0 saturated heterocycles. The zero-order valence-electron chi connectivity index (χ0n) is 7.55. The lowest BCUT2D eigenvalue weighted by Crippen LogP contribution is -1.96. The predicted molar refractivity (Wildman–Crippen MR) is 55.1 cm³/mol. The summed E-state index contributed by atoms with van der Waals surface area (Å²) in [6.45, 7) is -0.000712. The summed E-state index contributed by atoms with van der Waals surface area (Å²) in [5.41, 5.74) is 0.750. The Labute approximate surface area is 86.1 Å². The SMILES string of the molecule is OCc1cnc(Cc2cccs2)nc1. The van der Waals surface area contributed by atoms with E-state index in [4.69, 9.17) is 5.11 Å². The molecule has 14 heavy (non-hydrogen) atoms. The smallest absolute Gasteiger partial charge is 0.133 e. The van der Waals surface area contributed by atoms with Crippen molar-refractivity contribution in [3.8, 4) is 0 Å². The maximum atomic E-state index is 8.81. The van der Waals surface area contributed by atoms with E-state index >= 15 is 0 Å². The van der Waals surface area contributed by atoms with Crippen molar-refractivity contribution in [1.29, 1.82) is 0 Å². The summed E-state index contributed by atoms with van der Waals surface area (Å²) in [6, 6.07) is 4.08. The van der Waals surface area contributed by atoms with Crippen molar-refractivity contribution < 1.29 is 5.11 Å². The molecule has 2 aromatic heterocycles. The van der Waals surface area contributed by atoms with Crippen LogP contribution in [0.15, 0.2) is 29.9 Å². The van der Waals surface area contributed by atoms with Crippen LogP contribution < -0.4 is 0 Å². The molecule has 0 amide bonds. The van der Waals surface area contributed by atoms with Crippen LogP contribution in [0.2, 0.25) is 0 Å². The average molecular weight is 206 g/mol. The predicted octanol–water partition coefficient (Wildman–Crippen LogP) is 1.62. The second-order valence-electron chi connectivity index (χ2n) is 2.92. The molecule has 2 heterocycles. The Hall–Kier alpha value is -1.26. The Balaban J connectivity index is 2.10. The van der Waals surface area contributed by atoms with Gasteiger partial charge in [-0.15, -0.1) is 11.3 Å². The summed E-state index contributed by atoms with van der Waals surface area (Å²) < 4.78 is 0. The highest BCUT2D eigenvalue weighted by Crippen LogP contribution is 2.11. The van der Waals surface area contributed by atoms with Gasteiger partial charge in [-0.2, -0.15) is 0 Å². The Morgan fingerprint density at radius 2 is 2.07 bits per heavy atom. The molecule has 4 heteroatoms. The third kappa shape index (κ3) is 2.16. The van der Waals surface area contributed by atoms with Crippen molar-refractivity contribution in [2.24, 2.45) is 0 Å². The number of hydrogen-bond acceptors (Lipinski definition) is 4. The van der Waals surface area contributed by atoms with Gasteiger partial charge in [-0.05, 0) is 11.4 Å². The molecule has 0 radical (unpaired) electrons. The van der Waals surface area contributed by atoms with E-state index in [0.717, 1.165) is 17.8 Å². The van der Waals surface area contributed by atoms with Crippen molar-refractivity contribution in [3.63, 3.8) is 0 Å². The fourth-order valence-corrected chi connectivity index (χ4v) is 1.82. The monoisotopic (exact) mass is 206 g/mol. The molecule has 0 saturated carbocycles. The van der Waals surface area contributed by atoms with Gasteiger partial charge in [-0.1, -0.05) is 6.07 Å². The first-order valence-electron chi connectivity index (χ1n) is 4.31. The molecule has 0 aliphatic heterocycles. The first-order chi connectivity index (χ1) is 6.88. The number of thiophene rings is 1. The molecule has 0 aliphatic rings. The summed E-state index contributed by atoms with van der Waals surface area (Å²) in [6.07, 6.45) is 4.09. The van der Waals surface area contributed by atoms with Crippen LogP contribution in [-0.2, 0) is 13.0 Å².